The molecule has 0 radical (unpaired) electrons. The summed E-state index contributed by atoms with van der Waals surface area (Å²) in [5.74, 6) is -0.603. The number of esters is 1. The maximum Gasteiger partial charge on any atom is 0.408 e. The lowest BCUT2D eigenvalue weighted by Crippen LogP contribution is -2.43. The molecule has 0 unspecified atom stereocenters. The quantitative estimate of drug-likeness (QED) is 0.560. The molecule has 156 valence electrons. The molecular formula is C25H22N2O4. The summed E-state index contributed by atoms with van der Waals surface area (Å²) in [5.41, 5.74) is 2.74. The van der Waals surface area contributed by atoms with E-state index in [4.69, 9.17) is 9.47 Å². The number of benzene rings is 3. The summed E-state index contributed by atoms with van der Waals surface area (Å²) >= 11 is 0. The van der Waals surface area contributed by atoms with Gasteiger partial charge in [0.25, 0.3) is 0 Å². The van der Waals surface area contributed by atoms with E-state index < -0.39 is 18.1 Å². The molecule has 0 bridgehead atoms. The summed E-state index contributed by atoms with van der Waals surface area (Å²) < 4.78 is 10.7. The summed E-state index contributed by atoms with van der Waals surface area (Å²) in [5, 5.41) is 11.8. The SMILES string of the molecule is N#Cc1ccccc1COC(=O)[C@H](Cc1ccccc1)NC(=O)OCc1ccccc1. The lowest BCUT2D eigenvalue weighted by Gasteiger charge is -2.18. The van der Waals surface area contributed by atoms with Gasteiger partial charge in [0.05, 0.1) is 11.6 Å². The molecule has 1 atom stereocenters. The first kappa shape index (κ1) is 21.6. The van der Waals surface area contributed by atoms with Gasteiger partial charge in [-0.3, -0.25) is 0 Å². The van der Waals surface area contributed by atoms with Crippen molar-refractivity contribution in [2.24, 2.45) is 0 Å². The third-order valence-corrected chi connectivity index (χ3v) is 4.58. The van der Waals surface area contributed by atoms with E-state index in [1.807, 2.05) is 60.7 Å². The molecule has 0 heterocycles. The predicted octanol–water partition coefficient (Wildman–Crippen LogP) is 4.14. The molecule has 0 aromatic heterocycles. The Hall–Kier alpha value is -4.11. The monoisotopic (exact) mass is 414 g/mol. The number of hydrogen-bond donors (Lipinski definition) is 1. The number of rotatable bonds is 8. The second-order valence-electron chi connectivity index (χ2n) is 6.83. The van der Waals surface area contributed by atoms with E-state index in [1.54, 1.807) is 24.3 Å². The lowest BCUT2D eigenvalue weighted by molar-refractivity contribution is -0.147. The molecule has 1 amide bonds. The molecule has 0 fully saturated rings. The van der Waals surface area contributed by atoms with Gasteiger partial charge in [0, 0.05) is 12.0 Å². The van der Waals surface area contributed by atoms with Crippen LogP contribution >= 0.6 is 0 Å². The third-order valence-electron chi connectivity index (χ3n) is 4.58. The Balaban J connectivity index is 1.64. The zero-order chi connectivity index (χ0) is 21.9. The Morgan fingerprint density at radius 2 is 1.42 bits per heavy atom. The molecule has 3 aromatic carbocycles. The van der Waals surface area contributed by atoms with Gasteiger partial charge in [-0.25, -0.2) is 9.59 Å². The molecule has 31 heavy (non-hydrogen) atoms. The normalized spacial score (nSPS) is 11.1. The molecule has 0 aliphatic heterocycles. The topological polar surface area (TPSA) is 88.4 Å². The van der Waals surface area contributed by atoms with E-state index in [0.29, 0.717) is 11.1 Å². The maximum atomic E-state index is 12.8. The molecule has 6 nitrogen and oxygen atoms in total. The van der Waals surface area contributed by atoms with Crippen LogP contribution in [0.2, 0.25) is 0 Å². The molecule has 0 aliphatic carbocycles. The Bertz CT molecular complexity index is 1050. The predicted molar refractivity (Wildman–Crippen MR) is 115 cm³/mol. The van der Waals surface area contributed by atoms with Gasteiger partial charge in [-0.05, 0) is 17.2 Å². The highest BCUT2D eigenvalue weighted by atomic mass is 16.6. The number of hydrogen-bond acceptors (Lipinski definition) is 5. The largest absolute Gasteiger partial charge is 0.459 e. The molecule has 0 saturated carbocycles. The van der Waals surface area contributed by atoms with Crippen molar-refractivity contribution in [1.29, 1.82) is 5.26 Å². The smallest absolute Gasteiger partial charge is 0.408 e. The van der Waals surface area contributed by atoms with Crippen LogP contribution in [0.3, 0.4) is 0 Å². The fourth-order valence-corrected chi connectivity index (χ4v) is 2.95. The summed E-state index contributed by atoms with van der Waals surface area (Å²) in [6, 6.07) is 26.6. The van der Waals surface area contributed by atoms with E-state index in [9.17, 15) is 14.9 Å². The number of nitriles is 1. The van der Waals surface area contributed by atoms with Crippen LogP contribution in [0.25, 0.3) is 0 Å². The minimum atomic E-state index is -0.931. The van der Waals surface area contributed by atoms with Crippen molar-refractivity contribution >= 4 is 12.1 Å². The molecule has 0 spiro atoms. The first-order chi connectivity index (χ1) is 15.2. The van der Waals surface area contributed by atoms with Gasteiger partial charge in [0.1, 0.15) is 19.3 Å². The molecule has 3 rings (SSSR count). The summed E-state index contributed by atoms with van der Waals surface area (Å²) in [7, 11) is 0. The van der Waals surface area contributed by atoms with Crippen LogP contribution in [0.15, 0.2) is 84.9 Å². The highest BCUT2D eigenvalue weighted by Crippen LogP contribution is 2.11. The third kappa shape index (κ3) is 6.72. The Labute approximate surface area is 181 Å². The summed E-state index contributed by atoms with van der Waals surface area (Å²) in [6.07, 6.45) is -0.459. The highest BCUT2D eigenvalue weighted by Gasteiger charge is 2.24. The van der Waals surface area contributed by atoms with Crippen LogP contribution in [0, 0.1) is 11.3 Å². The fraction of sp³-hybridized carbons (Fsp3) is 0.160. The second kappa shape index (κ2) is 11.2. The van der Waals surface area contributed by atoms with E-state index in [0.717, 1.165) is 11.1 Å². The van der Waals surface area contributed by atoms with Crippen LogP contribution in [0.4, 0.5) is 4.79 Å². The van der Waals surface area contributed by atoms with Crippen molar-refractivity contribution in [3.8, 4) is 6.07 Å². The van der Waals surface area contributed by atoms with E-state index in [1.165, 1.54) is 0 Å². The van der Waals surface area contributed by atoms with Gasteiger partial charge < -0.3 is 14.8 Å². The standard InChI is InChI=1S/C25H22N2O4/c26-16-21-13-7-8-14-22(21)18-30-24(28)23(15-19-9-3-1-4-10-19)27-25(29)31-17-20-11-5-2-6-12-20/h1-14,23H,15,17-18H2,(H,27,29)/t23-/m0/s1. The van der Waals surface area contributed by atoms with E-state index in [-0.39, 0.29) is 19.6 Å². The minimum Gasteiger partial charge on any atom is -0.459 e. The lowest BCUT2D eigenvalue weighted by atomic mass is 10.1. The molecule has 3 aromatic rings. The number of ether oxygens (including phenoxy) is 2. The zero-order valence-corrected chi connectivity index (χ0v) is 16.9. The van der Waals surface area contributed by atoms with Gasteiger partial charge in [-0.2, -0.15) is 5.26 Å². The first-order valence-corrected chi connectivity index (χ1v) is 9.81. The molecular weight excluding hydrogens is 392 g/mol. The zero-order valence-electron chi connectivity index (χ0n) is 16.9. The van der Waals surface area contributed by atoms with Crippen LogP contribution in [-0.2, 0) is 33.9 Å². The molecule has 6 heteroatoms. The van der Waals surface area contributed by atoms with Gasteiger partial charge in [-0.1, -0.05) is 78.9 Å². The second-order valence-corrected chi connectivity index (χ2v) is 6.83. The Morgan fingerprint density at radius 1 is 0.806 bits per heavy atom. The van der Waals surface area contributed by atoms with Crippen LogP contribution in [-0.4, -0.2) is 18.1 Å². The first-order valence-electron chi connectivity index (χ1n) is 9.81. The van der Waals surface area contributed by atoms with Crippen LogP contribution in [0.5, 0.6) is 0 Å². The van der Waals surface area contributed by atoms with Gasteiger partial charge in [-0.15, -0.1) is 0 Å². The van der Waals surface area contributed by atoms with Crippen molar-refractivity contribution < 1.29 is 19.1 Å². The number of nitrogens with one attached hydrogen (secondary N) is 1. The number of carbonyl (C=O) groups is 2. The average Bonchev–Trinajstić information content (AvgIpc) is 2.82. The van der Waals surface area contributed by atoms with E-state index >= 15 is 0 Å². The molecule has 0 saturated heterocycles. The van der Waals surface area contributed by atoms with Gasteiger partial charge >= 0.3 is 12.1 Å². The van der Waals surface area contributed by atoms with Crippen molar-refractivity contribution in [2.75, 3.05) is 0 Å². The van der Waals surface area contributed by atoms with Crippen molar-refractivity contribution in [2.45, 2.75) is 25.7 Å². The van der Waals surface area contributed by atoms with Crippen LogP contribution < -0.4 is 5.32 Å². The number of nitrogens with zero attached hydrogens (tertiary/aromatic N) is 1. The van der Waals surface area contributed by atoms with Crippen molar-refractivity contribution in [3.05, 3.63) is 107 Å². The van der Waals surface area contributed by atoms with Crippen molar-refractivity contribution in [3.63, 3.8) is 0 Å². The van der Waals surface area contributed by atoms with Gasteiger partial charge in [0.2, 0.25) is 0 Å². The van der Waals surface area contributed by atoms with Crippen LogP contribution in [0.1, 0.15) is 22.3 Å². The highest BCUT2D eigenvalue weighted by molar-refractivity contribution is 5.81. The minimum absolute atomic E-state index is 0.0609. The van der Waals surface area contributed by atoms with Gasteiger partial charge in [0.15, 0.2) is 0 Å². The Morgan fingerprint density at radius 3 is 2.10 bits per heavy atom. The average molecular weight is 414 g/mol. The van der Waals surface area contributed by atoms with Crippen molar-refractivity contribution in [1.82, 2.24) is 5.32 Å². The maximum absolute atomic E-state index is 12.8. The number of carbonyl (C=O) groups excluding carboxylic acids is 2. The summed E-state index contributed by atoms with van der Waals surface area (Å²) in [4.78, 5) is 25.1. The fourth-order valence-electron chi connectivity index (χ4n) is 2.95. The number of amides is 1. The molecule has 0 aliphatic rings. The number of alkyl carbamates (subject to hydrolysis) is 1. The molecule has 1 N–H and O–H groups in total. The summed E-state index contributed by atoms with van der Waals surface area (Å²) in [6.45, 7) is 0.0317. The van der Waals surface area contributed by atoms with E-state index in [2.05, 4.69) is 11.4 Å². The Kier molecular flexibility index (Phi) is 7.78.